The van der Waals surface area contributed by atoms with Gasteiger partial charge in [0.05, 0.1) is 0 Å². The summed E-state index contributed by atoms with van der Waals surface area (Å²) in [5, 5.41) is 13.5. The number of hydrogen-bond acceptors (Lipinski definition) is 4. The highest BCUT2D eigenvalue weighted by molar-refractivity contribution is 7.18. The van der Waals surface area contributed by atoms with E-state index < -0.39 is 0 Å². The fourth-order valence-electron chi connectivity index (χ4n) is 2.87. The van der Waals surface area contributed by atoms with Crippen molar-refractivity contribution in [3.8, 4) is 10.6 Å². The van der Waals surface area contributed by atoms with Gasteiger partial charge in [-0.25, -0.2) is 0 Å². The molecule has 2 aromatic carbocycles. The number of amides is 1. The number of nitrogens with one attached hydrogen (secondary N) is 1. The van der Waals surface area contributed by atoms with E-state index in [1.54, 1.807) is 0 Å². The van der Waals surface area contributed by atoms with E-state index in [2.05, 4.69) is 15.5 Å². The van der Waals surface area contributed by atoms with Crippen molar-refractivity contribution in [1.82, 2.24) is 14.8 Å². The van der Waals surface area contributed by atoms with Gasteiger partial charge >= 0.3 is 0 Å². The summed E-state index contributed by atoms with van der Waals surface area (Å²) < 4.78 is 2.00. The van der Waals surface area contributed by atoms with Crippen LogP contribution in [0.2, 0.25) is 0 Å². The Bertz CT molecular complexity index is 1040. The van der Waals surface area contributed by atoms with E-state index in [4.69, 9.17) is 0 Å². The third-order valence-corrected chi connectivity index (χ3v) is 4.91. The van der Waals surface area contributed by atoms with Crippen molar-refractivity contribution in [1.29, 1.82) is 0 Å². The summed E-state index contributed by atoms with van der Waals surface area (Å²) in [5.41, 5.74) is 2.67. The minimum Gasteiger partial charge on any atom is -0.337 e. The van der Waals surface area contributed by atoms with Gasteiger partial charge in [-0.15, -0.1) is 10.2 Å². The van der Waals surface area contributed by atoms with Gasteiger partial charge in [0.1, 0.15) is 10.7 Å². The van der Waals surface area contributed by atoms with Gasteiger partial charge in [-0.1, -0.05) is 59.9 Å². The molecule has 6 heteroatoms. The minimum atomic E-state index is -0.172. The molecule has 0 atom stereocenters. The number of aromatic nitrogens is 3. The van der Waals surface area contributed by atoms with Crippen molar-refractivity contribution in [3.05, 3.63) is 66.4 Å². The van der Waals surface area contributed by atoms with Gasteiger partial charge < -0.3 is 4.57 Å². The Balaban J connectivity index is 1.62. The molecule has 1 amide bonds. The molecule has 0 radical (unpaired) electrons. The van der Waals surface area contributed by atoms with Crippen LogP contribution in [0.25, 0.3) is 21.5 Å². The van der Waals surface area contributed by atoms with Crippen LogP contribution in [0.15, 0.2) is 60.7 Å². The van der Waals surface area contributed by atoms with Gasteiger partial charge in [0.2, 0.25) is 5.13 Å². The number of para-hydroxylation sites is 1. The molecule has 0 fully saturated rings. The van der Waals surface area contributed by atoms with Crippen LogP contribution in [-0.4, -0.2) is 20.7 Å². The first-order valence-electron chi connectivity index (χ1n) is 8.05. The molecule has 0 spiro atoms. The number of rotatable bonds is 4. The van der Waals surface area contributed by atoms with Crippen molar-refractivity contribution in [2.75, 3.05) is 5.32 Å². The Hall–Kier alpha value is -2.99. The van der Waals surface area contributed by atoms with E-state index in [0.29, 0.717) is 10.8 Å². The van der Waals surface area contributed by atoms with Crippen molar-refractivity contribution in [2.45, 2.75) is 13.5 Å². The van der Waals surface area contributed by atoms with Gasteiger partial charge in [-0.05, 0) is 19.1 Å². The van der Waals surface area contributed by atoms with E-state index in [0.717, 1.165) is 28.0 Å². The third-order valence-electron chi connectivity index (χ3n) is 4.03. The number of nitrogens with zero attached hydrogens (tertiary/aromatic N) is 3. The molecule has 4 rings (SSSR count). The van der Waals surface area contributed by atoms with E-state index in [9.17, 15) is 4.79 Å². The first kappa shape index (κ1) is 15.5. The summed E-state index contributed by atoms with van der Waals surface area (Å²) in [4.78, 5) is 12.7. The largest absolute Gasteiger partial charge is 0.337 e. The molecular weight excluding hydrogens is 332 g/mol. The molecule has 25 heavy (non-hydrogen) atoms. The summed E-state index contributed by atoms with van der Waals surface area (Å²) in [6.45, 7) is 2.75. The number of carbonyl (C=O) groups is 1. The van der Waals surface area contributed by atoms with E-state index in [1.165, 1.54) is 11.3 Å². The SMILES string of the molecule is CCn1c(C(=O)Nc2nnc(-c3ccccc3)s2)cc2ccccc21. The Morgan fingerprint density at radius 3 is 2.64 bits per heavy atom. The average Bonchev–Trinajstić information content (AvgIpc) is 3.26. The maximum Gasteiger partial charge on any atom is 0.274 e. The lowest BCUT2D eigenvalue weighted by Crippen LogP contribution is -2.16. The van der Waals surface area contributed by atoms with Crippen molar-refractivity contribution < 1.29 is 4.79 Å². The van der Waals surface area contributed by atoms with Crippen LogP contribution in [-0.2, 0) is 6.54 Å². The average molecular weight is 348 g/mol. The maximum absolute atomic E-state index is 12.7. The molecule has 0 saturated carbocycles. The zero-order valence-corrected chi connectivity index (χ0v) is 14.5. The molecule has 2 heterocycles. The summed E-state index contributed by atoms with van der Waals surface area (Å²) >= 11 is 1.37. The monoisotopic (exact) mass is 348 g/mol. The van der Waals surface area contributed by atoms with Crippen LogP contribution in [0.1, 0.15) is 17.4 Å². The third kappa shape index (κ3) is 2.92. The molecule has 0 aliphatic heterocycles. The van der Waals surface area contributed by atoms with Crippen LogP contribution >= 0.6 is 11.3 Å². The number of benzene rings is 2. The van der Waals surface area contributed by atoms with Crippen LogP contribution in [0.4, 0.5) is 5.13 Å². The minimum absolute atomic E-state index is 0.172. The van der Waals surface area contributed by atoms with Gasteiger partial charge in [0.25, 0.3) is 5.91 Å². The van der Waals surface area contributed by atoms with E-state index >= 15 is 0 Å². The second-order valence-corrected chi connectivity index (χ2v) is 6.54. The first-order chi connectivity index (χ1) is 12.3. The number of aryl methyl sites for hydroxylation is 1. The highest BCUT2D eigenvalue weighted by Gasteiger charge is 2.16. The molecule has 0 saturated heterocycles. The summed E-state index contributed by atoms with van der Waals surface area (Å²) in [6.07, 6.45) is 0. The topological polar surface area (TPSA) is 59.8 Å². The molecule has 0 aliphatic carbocycles. The lowest BCUT2D eigenvalue weighted by molar-refractivity contribution is 0.101. The first-order valence-corrected chi connectivity index (χ1v) is 8.86. The molecule has 0 bridgehead atoms. The Labute approximate surface area is 149 Å². The van der Waals surface area contributed by atoms with E-state index in [-0.39, 0.29) is 5.91 Å². The highest BCUT2D eigenvalue weighted by Crippen LogP contribution is 2.27. The molecule has 1 N–H and O–H groups in total. The predicted octanol–water partition coefficient (Wildman–Crippen LogP) is 4.43. The molecule has 0 aliphatic rings. The van der Waals surface area contributed by atoms with Crippen LogP contribution in [0.3, 0.4) is 0 Å². The zero-order valence-electron chi connectivity index (χ0n) is 13.6. The van der Waals surface area contributed by atoms with Gasteiger partial charge in [0.15, 0.2) is 0 Å². The fraction of sp³-hybridized carbons (Fsp3) is 0.105. The van der Waals surface area contributed by atoms with Gasteiger partial charge in [-0.3, -0.25) is 10.1 Å². The molecule has 0 unspecified atom stereocenters. The Kier molecular flexibility index (Phi) is 4.03. The number of hydrogen-bond donors (Lipinski definition) is 1. The lowest BCUT2D eigenvalue weighted by atomic mass is 10.2. The molecular formula is C19H16N4OS. The molecule has 5 nitrogen and oxygen atoms in total. The second-order valence-electron chi connectivity index (χ2n) is 5.57. The standard InChI is InChI=1S/C19H16N4OS/c1-2-23-15-11-7-6-10-14(15)12-16(23)17(24)20-19-22-21-18(25-19)13-8-4-3-5-9-13/h3-12H,2H2,1H3,(H,20,22,24). The molecule has 124 valence electrons. The normalized spacial score (nSPS) is 10.9. The number of fused-ring (bicyclic) bond motifs is 1. The quantitative estimate of drug-likeness (QED) is 0.593. The number of anilines is 1. The van der Waals surface area contributed by atoms with Crippen molar-refractivity contribution in [2.24, 2.45) is 0 Å². The summed E-state index contributed by atoms with van der Waals surface area (Å²) in [5.74, 6) is -0.172. The zero-order chi connectivity index (χ0) is 17.2. The van der Waals surface area contributed by atoms with Crippen molar-refractivity contribution >= 4 is 33.3 Å². The maximum atomic E-state index is 12.7. The molecule has 4 aromatic rings. The second kappa shape index (κ2) is 6.49. The van der Waals surface area contributed by atoms with Crippen LogP contribution in [0.5, 0.6) is 0 Å². The van der Waals surface area contributed by atoms with Crippen LogP contribution < -0.4 is 5.32 Å². The smallest absolute Gasteiger partial charge is 0.274 e. The predicted molar refractivity (Wildman–Crippen MR) is 101 cm³/mol. The van der Waals surface area contributed by atoms with Gasteiger partial charge in [0, 0.05) is 23.0 Å². The Morgan fingerprint density at radius 2 is 1.84 bits per heavy atom. The van der Waals surface area contributed by atoms with Crippen LogP contribution in [0, 0.1) is 0 Å². The lowest BCUT2D eigenvalue weighted by Gasteiger charge is -2.06. The van der Waals surface area contributed by atoms with E-state index in [1.807, 2.05) is 72.2 Å². The fourth-order valence-corrected chi connectivity index (χ4v) is 3.62. The van der Waals surface area contributed by atoms with Crippen molar-refractivity contribution in [3.63, 3.8) is 0 Å². The number of carbonyl (C=O) groups excluding carboxylic acids is 1. The highest BCUT2D eigenvalue weighted by atomic mass is 32.1. The van der Waals surface area contributed by atoms with Gasteiger partial charge in [-0.2, -0.15) is 0 Å². The molecule has 2 aromatic heterocycles. The Morgan fingerprint density at radius 1 is 1.08 bits per heavy atom. The summed E-state index contributed by atoms with van der Waals surface area (Å²) in [6, 6.07) is 19.7. The summed E-state index contributed by atoms with van der Waals surface area (Å²) in [7, 11) is 0.